The van der Waals surface area contributed by atoms with Gasteiger partial charge in [0.25, 0.3) is 0 Å². The van der Waals surface area contributed by atoms with Crippen LogP contribution < -0.4 is 4.74 Å². The number of likely N-dealkylation sites (tertiary alicyclic amines) is 1. The Morgan fingerprint density at radius 1 is 1.41 bits per heavy atom. The summed E-state index contributed by atoms with van der Waals surface area (Å²) < 4.78 is 10.4. The Hall–Kier alpha value is -1.59. The molecule has 0 saturated carbocycles. The molecule has 120 valence electrons. The largest absolute Gasteiger partial charge is 0.492 e. The molecule has 0 radical (unpaired) electrons. The number of methoxy groups -OCH3 is 1. The van der Waals surface area contributed by atoms with Crippen LogP contribution in [0.2, 0.25) is 0 Å². The molecule has 22 heavy (non-hydrogen) atoms. The van der Waals surface area contributed by atoms with Crippen LogP contribution in [0.4, 0.5) is 0 Å². The highest BCUT2D eigenvalue weighted by Gasteiger charge is 2.32. The maximum Gasteiger partial charge on any atom is 0.337 e. The van der Waals surface area contributed by atoms with Gasteiger partial charge in [-0.05, 0) is 30.7 Å². The third-order valence-corrected chi connectivity index (χ3v) is 4.32. The molecule has 6 heteroatoms. The average Bonchev–Trinajstić information content (AvgIpc) is 2.90. The molecule has 0 amide bonds. The van der Waals surface area contributed by atoms with Crippen LogP contribution in [0.25, 0.3) is 0 Å². The van der Waals surface area contributed by atoms with E-state index in [0.717, 1.165) is 19.3 Å². The van der Waals surface area contributed by atoms with Crippen LogP contribution in [0.15, 0.2) is 24.3 Å². The molecular formula is C16H20ClNO4. The number of esters is 1. The van der Waals surface area contributed by atoms with Crippen molar-refractivity contribution in [2.45, 2.75) is 24.3 Å². The summed E-state index contributed by atoms with van der Waals surface area (Å²) >= 11 is 6.33. The quantitative estimate of drug-likeness (QED) is 0.436. The molecule has 1 aliphatic heterocycles. The summed E-state index contributed by atoms with van der Waals surface area (Å²) in [6.07, 6.45) is 2.33. The number of carbonyl (C=O) groups excluding carboxylic acids is 2. The third-order valence-electron chi connectivity index (χ3n) is 3.81. The van der Waals surface area contributed by atoms with Crippen molar-refractivity contribution < 1.29 is 19.1 Å². The SMILES string of the molecule is COC(=O)c1ccc(OC[C@H]2[C@H](Cl)CCN2CCC=O)cc1. The number of benzene rings is 1. The van der Waals surface area contributed by atoms with E-state index in [1.165, 1.54) is 7.11 Å². The van der Waals surface area contributed by atoms with Gasteiger partial charge in [0.05, 0.1) is 24.1 Å². The molecular weight excluding hydrogens is 306 g/mol. The molecule has 1 fully saturated rings. The Morgan fingerprint density at radius 3 is 2.77 bits per heavy atom. The fraction of sp³-hybridized carbons (Fsp3) is 0.500. The number of hydrogen-bond acceptors (Lipinski definition) is 5. The minimum absolute atomic E-state index is 0.0287. The van der Waals surface area contributed by atoms with Crippen molar-refractivity contribution in [2.24, 2.45) is 0 Å². The lowest BCUT2D eigenvalue weighted by Gasteiger charge is -2.25. The first-order valence-corrected chi connectivity index (χ1v) is 7.72. The van der Waals surface area contributed by atoms with Gasteiger partial charge in [0.2, 0.25) is 0 Å². The lowest BCUT2D eigenvalue weighted by molar-refractivity contribution is -0.108. The number of halogens is 1. The third kappa shape index (κ3) is 4.21. The van der Waals surface area contributed by atoms with Crippen molar-refractivity contribution in [2.75, 3.05) is 26.8 Å². The van der Waals surface area contributed by atoms with Crippen LogP contribution in [0.5, 0.6) is 5.75 Å². The molecule has 1 aromatic carbocycles. The minimum atomic E-state index is -0.372. The standard InChI is InChI=1S/C16H20ClNO4/c1-21-16(20)12-3-5-13(6-4-12)22-11-15-14(17)7-9-18(15)8-2-10-19/h3-6,10,14-15H,2,7-9,11H2,1H3/t14-,15+/m1/s1. The number of rotatable bonds is 7. The molecule has 1 heterocycles. The summed E-state index contributed by atoms with van der Waals surface area (Å²) in [5, 5.41) is 0.0287. The number of hydrogen-bond donors (Lipinski definition) is 0. The molecule has 0 bridgehead atoms. The number of ether oxygens (including phenoxy) is 2. The van der Waals surface area contributed by atoms with E-state index in [1.807, 2.05) is 0 Å². The van der Waals surface area contributed by atoms with Crippen LogP contribution in [-0.4, -0.2) is 55.4 Å². The summed E-state index contributed by atoms with van der Waals surface area (Å²) in [6.45, 7) is 2.06. The van der Waals surface area contributed by atoms with Gasteiger partial charge >= 0.3 is 5.97 Å². The van der Waals surface area contributed by atoms with Gasteiger partial charge in [0, 0.05) is 19.5 Å². The lowest BCUT2D eigenvalue weighted by atomic mass is 10.2. The van der Waals surface area contributed by atoms with Crippen molar-refractivity contribution in [3.8, 4) is 5.75 Å². The fourth-order valence-electron chi connectivity index (χ4n) is 2.57. The molecule has 2 atom stereocenters. The molecule has 0 N–H and O–H groups in total. The monoisotopic (exact) mass is 325 g/mol. The molecule has 0 spiro atoms. The summed E-state index contributed by atoms with van der Waals surface area (Å²) in [5.74, 6) is 0.307. The maximum absolute atomic E-state index is 11.4. The number of carbonyl (C=O) groups is 2. The Bertz CT molecular complexity index is 505. The van der Waals surface area contributed by atoms with E-state index in [-0.39, 0.29) is 17.4 Å². The summed E-state index contributed by atoms with van der Waals surface area (Å²) in [7, 11) is 1.35. The second-order valence-corrected chi connectivity index (χ2v) is 5.75. The molecule has 0 aromatic heterocycles. The lowest BCUT2D eigenvalue weighted by Crippen LogP contribution is -2.39. The normalized spacial score (nSPS) is 21.5. The van der Waals surface area contributed by atoms with Crippen LogP contribution >= 0.6 is 11.6 Å². The molecule has 1 aromatic rings. The van der Waals surface area contributed by atoms with Crippen molar-refractivity contribution in [3.63, 3.8) is 0 Å². The van der Waals surface area contributed by atoms with Gasteiger partial charge in [-0.3, -0.25) is 4.90 Å². The number of alkyl halides is 1. The van der Waals surface area contributed by atoms with E-state index in [1.54, 1.807) is 24.3 Å². The summed E-state index contributed by atoms with van der Waals surface area (Å²) in [5.41, 5.74) is 0.485. The summed E-state index contributed by atoms with van der Waals surface area (Å²) in [4.78, 5) is 24.1. The maximum atomic E-state index is 11.4. The van der Waals surface area contributed by atoms with Crippen LogP contribution in [0.3, 0.4) is 0 Å². The Morgan fingerprint density at radius 2 is 2.14 bits per heavy atom. The second kappa shape index (κ2) is 8.15. The van der Waals surface area contributed by atoms with Crippen molar-refractivity contribution in [1.29, 1.82) is 0 Å². The van der Waals surface area contributed by atoms with Gasteiger partial charge in [0.15, 0.2) is 0 Å². The van der Waals surface area contributed by atoms with Crippen LogP contribution in [0.1, 0.15) is 23.2 Å². The van der Waals surface area contributed by atoms with Crippen molar-refractivity contribution in [1.82, 2.24) is 4.90 Å². The molecule has 0 aliphatic carbocycles. The predicted molar refractivity (Wildman–Crippen MR) is 83.6 cm³/mol. The van der Waals surface area contributed by atoms with Gasteiger partial charge in [-0.25, -0.2) is 4.79 Å². The van der Waals surface area contributed by atoms with E-state index in [0.29, 0.717) is 30.9 Å². The zero-order valence-electron chi connectivity index (χ0n) is 12.5. The van der Waals surface area contributed by atoms with Gasteiger partial charge in [-0.2, -0.15) is 0 Å². The fourth-order valence-corrected chi connectivity index (χ4v) is 2.90. The van der Waals surface area contributed by atoms with Crippen molar-refractivity contribution >= 4 is 23.9 Å². The average molecular weight is 326 g/mol. The van der Waals surface area contributed by atoms with E-state index >= 15 is 0 Å². The zero-order chi connectivity index (χ0) is 15.9. The first kappa shape index (κ1) is 16.8. The van der Waals surface area contributed by atoms with Gasteiger partial charge in [0.1, 0.15) is 18.6 Å². The van der Waals surface area contributed by atoms with Crippen LogP contribution in [0, 0.1) is 0 Å². The zero-order valence-corrected chi connectivity index (χ0v) is 13.3. The molecule has 1 aliphatic rings. The van der Waals surface area contributed by atoms with Gasteiger partial charge < -0.3 is 14.3 Å². The van der Waals surface area contributed by atoms with Gasteiger partial charge in [-0.15, -0.1) is 11.6 Å². The van der Waals surface area contributed by atoms with E-state index in [9.17, 15) is 9.59 Å². The minimum Gasteiger partial charge on any atom is -0.492 e. The molecule has 2 rings (SSSR count). The number of aldehydes is 1. The second-order valence-electron chi connectivity index (χ2n) is 5.19. The predicted octanol–water partition coefficient (Wildman–Crippen LogP) is 2.12. The highest BCUT2D eigenvalue weighted by atomic mass is 35.5. The van der Waals surface area contributed by atoms with E-state index in [2.05, 4.69) is 9.64 Å². The molecule has 1 saturated heterocycles. The highest BCUT2D eigenvalue weighted by Crippen LogP contribution is 2.24. The van der Waals surface area contributed by atoms with E-state index in [4.69, 9.17) is 16.3 Å². The Labute approximate surface area is 135 Å². The summed E-state index contributed by atoms with van der Waals surface area (Å²) in [6, 6.07) is 6.90. The van der Waals surface area contributed by atoms with E-state index < -0.39 is 0 Å². The molecule has 0 unspecified atom stereocenters. The Balaban J connectivity index is 1.90. The van der Waals surface area contributed by atoms with Gasteiger partial charge in [-0.1, -0.05) is 0 Å². The number of nitrogens with zero attached hydrogens (tertiary/aromatic N) is 1. The van der Waals surface area contributed by atoms with Crippen molar-refractivity contribution in [3.05, 3.63) is 29.8 Å². The Kier molecular flexibility index (Phi) is 6.21. The molecule has 5 nitrogen and oxygen atoms in total. The first-order valence-electron chi connectivity index (χ1n) is 7.28. The first-order chi connectivity index (χ1) is 10.7. The smallest absolute Gasteiger partial charge is 0.337 e. The topological polar surface area (TPSA) is 55.8 Å². The van der Waals surface area contributed by atoms with Crippen LogP contribution in [-0.2, 0) is 9.53 Å². The highest BCUT2D eigenvalue weighted by molar-refractivity contribution is 6.21.